The average molecular weight is 186 g/mol. The van der Waals surface area contributed by atoms with Gasteiger partial charge in [-0.3, -0.25) is 0 Å². The van der Waals surface area contributed by atoms with Crippen LogP contribution in [-0.2, 0) is 0 Å². The number of nitrogens with one attached hydrogen (secondary N) is 1. The van der Waals surface area contributed by atoms with Gasteiger partial charge in [0, 0.05) is 0 Å². The van der Waals surface area contributed by atoms with Gasteiger partial charge in [0.2, 0.25) is 0 Å². The lowest BCUT2D eigenvalue weighted by atomic mass is 10.1. The van der Waals surface area contributed by atoms with Gasteiger partial charge >= 0.3 is 0 Å². The van der Waals surface area contributed by atoms with E-state index in [0.717, 1.165) is 12.5 Å². The van der Waals surface area contributed by atoms with Gasteiger partial charge in [-0.15, -0.1) is 0 Å². The van der Waals surface area contributed by atoms with Gasteiger partial charge in [0.25, 0.3) is 0 Å². The van der Waals surface area contributed by atoms with E-state index < -0.39 is 0 Å². The summed E-state index contributed by atoms with van der Waals surface area (Å²) in [6, 6.07) is 0. The molecule has 1 N–H and O–H groups in total. The Bertz CT molecular complexity index is 102. The monoisotopic (exact) mass is 186 g/mol. The molecule has 0 unspecified atom stereocenters. The molecule has 0 rings (SSSR count). The van der Waals surface area contributed by atoms with Crippen LogP contribution in [0.3, 0.4) is 0 Å². The lowest BCUT2D eigenvalue weighted by molar-refractivity contribution is 0.267. The van der Waals surface area contributed by atoms with Crippen LogP contribution in [0.25, 0.3) is 0 Å². The highest BCUT2D eigenvalue weighted by Crippen LogP contribution is 2.02. The largest absolute Gasteiger partial charge is 0.320 e. The summed E-state index contributed by atoms with van der Waals surface area (Å²) in [5, 5.41) is 3.19. The van der Waals surface area contributed by atoms with Crippen LogP contribution in [0, 0.1) is 5.92 Å². The molecule has 0 aromatic heterocycles. The molecule has 2 nitrogen and oxygen atoms in total. The van der Waals surface area contributed by atoms with Crippen molar-refractivity contribution in [3.63, 3.8) is 0 Å². The third kappa shape index (κ3) is 8.26. The van der Waals surface area contributed by atoms with Crippen molar-refractivity contribution < 1.29 is 0 Å². The molecule has 0 spiro atoms. The van der Waals surface area contributed by atoms with E-state index in [1.165, 1.54) is 32.5 Å². The smallest absolute Gasteiger partial charge is 0.000676 e. The number of rotatable bonds is 8. The van der Waals surface area contributed by atoms with Crippen molar-refractivity contribution in [3.8, 4) is 0 Å². The van der Waals surface area contributed by atoms with Crippen LogP contribution in [0.15, 0.2) is 0 Å². The van der Waals surface area contributed by atoms with E-state index in [1.54, 1.807) is 0 Å². The maximum atomic E-state index is 3.19. The molecular weight excluding hydrogens is 160 g/mol. The first-order chi connectivity index (χ1) is 6.20. The topological polar surface area (TPSA) is 15.3 Å². The Labute approximate surface area is 83.7 Å². The quantitative estimate of drug-likeness (QED) is 0.583. The standard InChI is InChI=1S/C11H26N2/c1-5-13(9-6-8-12-4)10-7-11(2)3/h11-12H,5-10H2,1-4H3. The van der Waals surface area contributed by atoms with Gasteiger partial charge < -0.3 is 10.2 Å². The van der Waals surface area contributed by atoms with Crippen molar-refractivity contribution in [2.24, 2.45) is 5.92 Å². The van der Waals surface area contributed by atoms with Crippen LogP contribution in [0.1, 0.15) is 33.6 Å². The molecule has 0 fully saturated rings. The summed E-state index contributed by atoms with van der Waals surface area (Å²) in [5.74, 6) is 0.832. The van der Waals surface area contributed by atoms with E-state index in [9.17, 15) is 0 Å². The lowest BCUT2D eigenvalue weighted by Gasteiger charge is -2.21. The number of hydrogen-bond acceptors (Lipinski definition) is 2. The first kappa shape index (κ1) is 12.9. The van der Waals surface area contributed by atoms with Crippen LogP contribution in [0.5, 0.6) is 0 Å². The van der Waals surface area contributed by atoms with Crippen molar-refractivity contribution in [1.82, 2.24) is 10.2 Å². The average Bonchev–Trinajstić information content (AvgIpc) is 2.10. The molecule has 80 valence electrons. The molecule has 0 saturated carbocycles. The fourth-order valence-electron chi connectivity index (χ4n) is 1.35. The van der Waals surface area contributed by atoms with Crippen molar-refractivity contribution in [2.75, 3.05) is 33.2 Å². The summed E-state index contributed by atoms with van der Waals surface area (Å²) in [4.78, 5) is 2.54. The predicted octanol–water partition coefficient (Wildman–Crippen LogP) is 1.96. The van der Waals surface area contributed by atoms with Gasteiger partial charge in [-0.05, 0) is 52.0 Å². The van der Waals surface area contributed by atoms with Crippen LogP contribution < -0.4 is 5.32 Å². The van der Waals surface area contributed by atoms with Crippen LogP contribution in [-0.4, -0.2) is 38.1 Å². The first-order valence-electron chi connectivity index (χ1n) is 5.57. The van der Waals surface area contributed by atoms with Gasteiger partial charge in [0.05, 0.1) is 0 Å². The zero-order chi connectivity index (χ0) is 10.1. The molecule has 2 heteroatoms. The second kappa shape index (κ2) is 8.52. The van der Waals surface area contributed by atoms with Crippen molar-refractivity contribution >= 4 is 0 Å². The highest BCUT2D eigenvalue weighted by molar-refractivity contribution is 4.58. The highest BCUT2D eigenvalue weighted by atomic mass is 15.1. The third-order valence-electron chi connectivity index (χ3n) is 2.37. The minimum absolute atomic E-state index is 0.832. The van der Waals surface area contributed by atoms with E-state index in [-0.39, 0.29) is 0 Å². The summed E-state index contributed by atoms with van der Waals surface area (Å²) in [7, 11) is 2.02. The number of hydrogen-bond donors (Lipinski definition) is 1. The molecule has 0 aliphatic rings. The molecule has 13 heavy (non-hydrogen) atoms. The molecule has 0 radical (unpaired) electrons. The minimum atomic E-state index is 0.832. The van der Waals surface area contributed by atoms with Crippen molar-refractivity contribution in [3.05, 3.63) is 0 Å². The Morgan fingerprint density at radius 3 is 2.38 bits per heavy atom. The Kier molecular flexibility index (Phi) is 8.46. The minimum Gasteiger partial charge on any atom is -0.320 e. The Morgan fingerprint density at radius 1 is 1.23 bits per heavy atom. The second-order valence-corrected chi connectivity index (χ2v) is 4.07. The summed E-state index contributed by atoms with van der Waals surface area (Å²) in [6.45, 7) is 11.7. The molecule has 0 aliphatic carbocycles. The highest BCUT2D eigenvalue weighted by Gasteiger charge is 2.02. The molecule has 0 atom stereocenters. The van der Waals surface area contributed by atoms with Gasteiger partial charge in [-0.25, -0.2) is 0 Å². The SMILES string of the molecule is CCN(CCCNC)CCC(C)C. The Hall–Kier alpha value is -0.0800. The van der Waals surface area contributed by atoms with Gasteiger partial charge in [0.15, 0.2) is 0 Å². The fraction of sp³-hybridized carbons (Fsp3) is 1.00. The summed E-state index contributed by atoms with van der Waals surface area (Å²) >= 11 is 0. The third-order valence-corrected chi connectivity index (χ3v) is 2.37. The molecule has 0 aromatic carbocycles. The zero-order valence-electron chi connectivity index (χ0n) is 9.77. The maximum absolute atomic E-state index is 3.19. The lowest BCUT2D eigenvalue weighted by Crippen LogP contribution is -2.28. The molecule has 0 heterocycles. The van der Waals surface area contributed by atoms with Crippen LogP contribution in [0.2, 0.25) is 0 Å². The predicted molar refractivity (Wildman–Crippen MR) is 60.1 cm³/mol. The Balaban J connectivity index is 3.39. The van der Waals surface area contributed by atoms with Gasteiger partial charge in [-0.1, -0.05) is 20.8 Å². The normalized spacial score (nSPS) is 11.5. The summed E-state index contributed by atoms with van der Waals surface area (Å²) in [6.07, 6.45) is 2.59. The molecule has 0 bridgehead atoms. The molecule has 0 saturated heterocycles. The maximum Gasteiger partial charge on any atom is -0.000676 e. The van der Waals surface area contributed by atoms with E-state index in [1.807, 2.05) is 7.05 Å². The van der Waals surface area contributed by atoms with Gasteiger partial charge in [-0.2, -0.15) is 0 Å². The van der Waals surface area contributed by atoms with E-state index in [0.29, 0.717) is 0 Å². The van der Waals surface area contributed by atoms with Crippen LogP contribution in [0.4, 0.5) is 0 Å². The molecular formula is C11H26N2. The summed E-state index contributed by atoms with van der Waals surface area (Å²) in [5.41, 5.74) is 0. The van der Waals surface area contributed by atoms with E-state index in [2.05, 4.69) is 31.0 Å². The Morgan fingerprint density at radius 2 is 1.92 bits per heavy atom. The molecule has 0 aliphatic heterocycles. The first-order valence-corrected chi connectivity index (χ1v) is 5.57. The summed E-state index contributed by atoms with van der Waals surface area (Å²) < 4.78 is 0. The van der Waals surface area contributed by atoms with E-state index in [4.69, 9.17) is 0 Å². The number of nitrogens with zero attached hydrogens (tertiary/aromatic N) is 1. The van der Waals surface area contributed by atoms with Crippen molar-refractivity contribution in [2.45, 2.75) is 33.6 Å². The van der Waals surface area contributed by atoms with Gasteiger partial charge in [0.1, 0.15) is 0 Å². The molecule has 0 aromatic rings. The zero-order valence-corrected chi connectivity index (χ0v) is 9.77. The fourth-order valence-corrected chi connectivity index (χ4v) is 1.35. The van der Waals surface area contributed by atoms with E-state index >= 15 is 0 Å². The van der Waals surface area contributed by atoms with Crippen LogP contribution >= 0.6 is 0 Å². The molecule has 0 amide bonds. The van der Waals surface area contributed by atoms with Crippen molar-refractivity contribution in [1.29, 1.82) is 0 Å². The second-order valence-electron chi connectivity index (χ2n) is 4.07.